The van der Waals surface area contributed by atoms with Crippen LogP contribution >= 0.6 is 0 Å². The second-order valence-corrected chi connectivity index (χ2v) is 17.7. The molecule has 0 aromatic heterocycles. The largest absolute Gasteiger partial charge is 0.394 e. The average Bonchev–Trinajstić information content (AvgIpc) is 3.18. The van der Waals surface area contributed by atoms with Crippen molar-refractivity contribution >= 4 is 5.78 Å². The minimum Gasteiger partial charge on any atom is -0.394 e. The molecule has 1 fully saturated rings. The van der Waals surface area contributed by atoms with Crippen LogP contribution in [0.2, 0.25) is 0 Å². The van der Waals surface area contributed by atoms with Crippen molar-refractivity contribution < 1.29 is 44.9 Å². The van der Waals surface area contributed by atoms with Crippen molar-refractivity contribution in [3.05, 3.63) is 12.2 Å². The van der Waals surface area contributed by atoms with Crippen molar-refractivity contribution in [2.75, 3.05) is 13.2 Å². The van der Waals surface area contributed by atoms with Crippen LogP contribution in [0, 0.1) is 17.8 Å². The number of Topliss-reactive ketones (excluding diaryl/α,β-unsaturated/α-hetero) is 1. The van der Waals surface area contributed by atoms with Gasteiger partial charge in [-0.15, -0.1) is 0 Å². The summed E-state index contributed by atoms with van der Waals surface area (Å²) in [7, 11) is 0. The summed E-state index contributed by atoms with van der Waals surface area (Å²) in [4.78, 5) is 13.5. The van der Waals surface area contributed by atoms with E-state index in [4.69, 9.17) is 9.47 Å². The van der Waals surface area contributed by atoms with E-state index < -0.39 is 61.2 Å². The van der Waals surface area contributed by atoms with Gasteiger partial charge in [-0.3, -0.25) is 4.79 Å². The maximum Gasteiger partial charge on any atom is 0.186 e. The zero-order chi connectivity index (χ0) is 41.4. The lowest BCUT2D eigenvalue weighted by Gasteiger charge is -2.40. The van der Waals surface area contributed by atoms with Crippen molar-refractivity contribution in [2.45, 2.75) is 250 Å². The smallest absolute Gasteiger partial charge is 0.186 e. The number of carbonyl (C=O) groups is 1. The minimum absolute atomic E-state index is 0.293. The van der Waals surface area contributed by atoms with Crippen LogP contribution in [0.4, 0.5) is 0 Å². The number of aliphatic hydroxyl groups excluding tert-OH is 6. The summed E-state index contributed by atoms with van der Waals surface area (Å²) in [5, 5.41) is 62.2. The van der Waals surface area contributed by atoms with Gasteiger partial charge in [0.25, 0.3) is 0 Å². The molecule has 1 unspecified atom stereocenters. The number of ether oxygens (including phenoxy) is 2. The number of allylic oxidation sites excluding steroid dienone is 1. The van der Waals surface area contributed by atoms with Gasteiger partial charge in [-0.1, -0.05) is 200 Å². The van der Waals surface area contributed by atoms with Crippen LogP contribution in [0.3, 0.4) is 0 Å². The lowest BCUT2D eigenvalue weighted by Crippen LogP contribution is -2.59. The van der Waals surface area contributed by atoms with Crippen molar-refractivity contribution in [2.24, 2.45) is 17.8 Å². The predicted molar refractivity (Wildman–Crippen MR) is 228 cm³/mol. The molecule has 1 heterocycles. The molecule has 332 valence electrons. The Labute approximate surface area is 343 Å². The monoisotopic (exact) mass is 799 g/mol. The number of aliphatic hydroxyl groups is 6. The van der Waals surface area contributed by atoms with Gasteiger partial charge < -0.3 is 40.1 Å². The standard InChI is InChI=1S/C47H90O9/c1-5-38(4)32-28-24-20-17-18-21-25-29-33-40(49)39(36-55-47-46(54)45(53)44(52)42(35-48)56-47)43(51)41(50)34-30-26-22-16-14-12-10-8-6-7-9-11-13-15-19-23-27-31-37(2)3/h29,33,37-42,44-50,52-54H,5-28,30-32,34-36H2,1-4H3/b33-29+/t38?,39-,40+,41+,42+,44-,45-,46+,47+/m0/s1. The first-order valence-electron chi connectivity index (χ1n) is 23.5. The molecule has 1 aliphatic rings. The molecule has 0 aliphatic carbocycles. The van der Waals surface area contributed by atoms with E-state index in [9.17, 15) is 35.4 Å². The number of unbranched alkanes of at least 4 members (excludes halogenated alkanes) is 22. The molecule has 6 N–H and O–H groups in total. The Morgan fingerprint density at radius 1 is 0.625 bits per heavy atom. The molecule has 9 atom stereocenters. The number of ketones is 1. The third-order valence-corrected chi connectivity index (χ3v) is 12.0. The first kappa shape index (κ1) is 53.1. The van der Waals surface area contributed by atoms with E-state index >= 15 is 0 Å². The molecule has 1 aliphatic heterocycles. The van der Waals surface area contributed by atoms with Gasteiger partial charge in [0.1, 0.15) is 30.5 Å². The summed E-state index contributed by atoms with van der Waals surface area (Å²) in [6.45, 7) is 8.20. The fourth-order valence-corrected chi connectivity index (χ4v) is 7.72. The molecule has 0 aromatic rings. The quantitative estimate of drug-likeness (QED) is 0.0265. The van der Waals surface area contributed by atoms with E-state index in [-0.39, 0.29) is 6.61 Å². The minimum atomic E-state index is -1.62. The molecular formula is C47H90O9. The van der Waals surface area contributed by atoms with Crippen LogP contribution in [0.5, 0.6) is 0 Å². The summed E-state index contributed by atoms with van der Waals surface area (Å²) in [6.07, 6.45) is 27.0. The van der Waals surface area contributed by atoms with E-state index in [1.54, 1.807) is 6.08 Å². The first-order chi connectivity index (χ1) is 27.0. The zero-order valence-electron chi connectivity index (χ0n) is 36.5. The van der Waals surface area contributed by atoms with Crippen LogP contribution in [0.25, 0.3) is 0 Å². The predicted octanol–water partition coefficient (Wildman–Crippen LogP) is 9.50. The van der Waals surface area contributed by atoms with E-state index in [0.717, 1.165) is 50.4 Å². The normalized spacial score (nSPS) is 22.5. The van der Waals surface area contributed by atoms with E-state index in [2.05, 4.69) is 27.7 Å². The molecule has 1 saturated heterocycles. The maximum atomic E-state index is 13.5. The Bertz CT molecular complexity index is 927. The van der Waals surface area contributed by atoms with E-state index in [1.807, 2.05) is 6.08 Å². The fourth-order valence-electron chi connectivity index (χ4n) is 7.72. The third-order valence-electron chi connectivity index (χ3n) is 12.0. The van der Waals surface area contributed by atoms with Gasteiger partial charge in [-0.05, 0) is 31.1 Å². The van der Waals surface area contributed by atoms with Crippen LogP contribution < -0.4 is 0 Å². The van der Waals surface area contributed by atoms with Crippen molar-refractivity contribution in [1.29, 1.82) is 0 Å². The van der Waals surface area contributed by atoms with Gasteiger partial charge in [0.15, 0.2) is 12.1 Å². The van der Waals surface area contributed by atoms with Crippen molar-refractivity contribution in [1.82, 2.24) is 0 Å². The van der Waals surface area contributed by atoms with Gasteiger partial charge in [0.2, 0.25) is 0 Å². The maximum absolute atomic E-state index is 13.5. The van der Waals surface area contributed by atoms with E-state index in [0.29, 0.717) is 12.8 Å². The Morgan fingerprint density at radius 2 is 1.07 bits per heavy atom. The topological polar surface area (TPSA) is 157 Å². The van der Waals surface area contributed by atoms with Gasteiger partial charge in [0.05, 0.1) is 25.2 Å². The Morgan fingerprint density at radius 3 is 1.54 bits per heavy atom. The highest BCUT2D eigenvalue weighted by Crippen LogP contribution is 2.25. The molecule has 0 radical (unpaired) electrons. The van der Waals surface area contributed by atoms with Crippen molar-refractivity contribution in [3.8, 4) is 0 Å². The highest BCUT2D eigenvalue weighted by Gasteiger charge is 2.44. The molecular weight excluding hydrogens is 709 g/mol. The van der Waals surface area contributed by atoms with E-state index in [1.165, 1.54) is 128 Å². The second kappa shape index (κ2) is 34.9. The fraction of sp³-hybridized carbons (Fsp3) is 0.936. The SMILES string of the molecule is CCC(C)CCCCCCCC/C=C/[C@@H](O)[C@H](CO[C@@H]1O[C@H](CO)[C@H](O)[C@H](O)[C@H]1O)C(=O)[C@H](O)CCCCCCCCCCCCCCCCCCCC(C)C. The van der Waals surface area contributed by atoms with Crippen molar-refractivity contribution in [3.63, 3.8) is 0 Å². The Kier molecular flexibility index (Phi) is 33.1. The van der Waals surface area contributed by atoms with Crippen LogP contribution in [0.15, 0.2) is 12.2 Å². The molecule has 0 saturated carbocycles. The zero-order valence-corrected chi connectivity index (χ0v) is 36.5. The van der Waals surface area contributed by atoms with Gasteiger partial charge in [-0.2, -0.15) is 0 Å². The number of hydrogen-bond acceptors (Lipinski definition) is 9. The third kappa shape index (κ3) is 25.5. The Balaban J connectivity index is 2.38. The summed E-state index contributed by atoms with van der Waals surface area (Å²) in [5.74, 6) is -0.0235. The van der Waals surface area contributed by atoms with Gasteiger partial charge in [-0.25, -0.2) is 0 Å². The molecule has 1 rings (SSSR count). The summed E-state index contributed by atoms with van der Waals surface area (Å²) < 4.78 is 11.1. The first-order valence-corrected chi connectivity index (χ1v) is 23.5. The molecule has 0 bridgehead atoms. The molecule has 0 aromatic carbocycles. The van der Waals surface area contributed by atoms with Gasteiger partial charge >= 0.3 is 0 Å². The highest BCUT2D eigenvalue weighted by molar-refractivity contribution is 5.86. The lowest BCUT2D eigenvalue weighted by atomic mass is 9.91. The van der Waals surface area contributed by atoms with Crippen LogP contribution in [0.1, 0.15) is 207 Å². The molecule has 9 heteroatoms. The molecule has 0 spiro atoms. The second-order valence-electron chi connectivity index (χ2n) is 17.7. The Hall–Kier alpha value is -0.910. The number of hydrogen-bond donors (Lipinski definition) is 6. The molecule has 0 amide bonds. The average molecular weight is 799 g/mol. The summed E-state index contributed by atoms with van der Waals surface area (Å²) >= 11 is 0. The highest BCUT2D eigenvalue weighted by atomic mass is 16.7. The summed E-state index contributed by atoms with van der Waals surface area (Å²) in [6, 6.07) is 0. The number of carbonyl (C=O) groups excluding carboxylic acids is 1. The van der Waals surface area contributed by atoms with Crippen LogP contribution in [-0.2, 0) is 14.3 Å². The van der Waals surface area contributed by atoms with Crippen LogP contribution in [-0.4, -0.2) is 92.5 Å². The lowest BCUT2D eigenvalue weighted by molar-refractivity contribution is -0.303. The summed E-state index contributed by atoms with van der Waals surface area (Å²) in [5.41, 5.74) is 0. The van der Waals surface area contributed by atoms with Gasteiger partial charge in [0, 0.05) is 0 Å². The molecule has 56 heavy (non-hydrogen) atoms. The molecule has 9 nitrogen and oxygen atoms in total. The number of rotatable bonds is 38.